The van der Waals surface area contributed by atoms with Crippen molar-refractivity contribution in [3.05, 3.63) is 11.6 Å². The first kappa shape index (κ1) is 25.4. The molecule has 3 aliphatic rings. The van der Waals surface area contributed by atoms with Gasteiger partial charge in [-0.15, -0.1) is 0 Å². The fraction of sp³-hybridized carbons (Fsp3) is 0.704. The molecule has 0 N–H and O–H groups in total. The van der Waals surface area contributed by atoms with Gasteiger partial charge >= 0.3 is 0 Å². The highest BCUT2D eigenvalue weighted by atomic mass is 16.2. The topological polar surface area (TPSA) is 102 Å². The molecule has 6 heteroatoms. The highest BCUT2D eigenvalue weighted by Gasteiger charge is 2.52. The lowest BCUT2D eigenvalue weighted by Crippen LogP contribution is -2.49. The highest BCUT2D eigenvalue weighted by molar-refractivity contribution is 6.21. The summed E-state index contributed by atoms with van der Waals surface area (Å²) in [5.74, 6) is -4.33. The number of allylic oxidation sites excluding steroid dienone is 2. The molecule has 2 fully saturated rings. The second kappa shape index (κ2) is 9.19. The summed E-state index contributed by atoms with van der Waals surface area (Å²) >= 11 is 0. The van der Waals surface area contributed by atoms with Gasteiger partial charge in [-0.3, -0.25) is 28.8 Å². The van der Waals surface area contributed by atoms with Gasteiger partial charge in [0.2, 0.25) is 0 Å². The number of Topliss-reactive ketones (excluding diaryl/α,β-unsaturated/α-hetero) is 6. The molecule has 0 aliphatic heterocycles. The number of hydrogen-bond acceptors (Lipinski definition) is 6. The molecule has 0 spiro atoms. The first-order chi connectivity index (χ1) is 15.3. The van der Waals surface area contributed by atoms with E-state index in [4.69, 9.17) is 0 Å². The SMILES string of the molecule is CCC(=O)C1C(=O)CC(C2(C)C=C(C)CC(C)(C3CC(=O)C(C(=O)CC)C(=O)C3)C2)CC1=O. The second-order valence-electron chi connectivity index (χ2n) is 11.1. The molecule has 3 rings (SSSR count). The van der Waals surface area contributed by atoms with Crippen LogP contribution in [0.4, 0.5) is 0 Å². The molecule has 0 heterocycles. The van der Waals surface area contributed by atoms with E-state index < -0.39 is 17.3 Å². The predicted molar refractivity (Wildman–Crippen MR) is 122 cm³/mol. The van der Waals surface area contributed by atoms with Crippen molar-refractivity contribution < 1.29 is 28.8 Å². The normalized spacial score (nSPS) is 37.7. The minimum atomic E-state index is -1.11. The molecular formula is C27H36O6. The van der Waals surface area contributed by atoms with Gasteiger partial charge in [-0.05, 0) is 42.4 Å². The zero-order valence-corrected chi connectivity index (χ0v) is 20.5. The summed E-state index contributed by atoms with van der Waals surface area (Å²) in [7, 11) is 0. The molecule has 0 aromatic rings. The molecule has 0 radical (unpaired) electrons. The fourth-order valence-corrected chi connectivity index (χ4v) is 6.82. The van der Waals surface area contributed by atoms with E-state index in [1.165, 1.54) is 0 Å². The van der Waals surface area contributed by atoms with Crippen LogP contribution in [0, 0.1) is 34.5 Å². The summed E-state index contributed by atoms with van der Waals surface area (Å²) < 4.78 is 0. The third kappa shape index (κ3) is 4.71. The summed E-state index contributed by atoms with van der Waals surface area (Å²) in [6.45, 7) is 9.49. The van der Waals surface area contributed by atoms with E-state index in [1.54, 1.807) is 13.8 Å². The molecule has 180 valence electrons. The van der Waals surface area contributed by atoms with Gasteiger partial charge in [0.05, 0.1) is 0 Å². The quantitative estimate of drug-likeness (QED) is 0.442. The molecule has 2 unspecified atom stereocenters. The van der Waals surface area contributed by atoms with Crippen LogP contribution < -0.4 is 0 Å². The van der Waals surface area contributed by atoms with Crippen LogP contribution in [-0.4, -0.2) is 34.7 Å². The van der Waals surface area contributed by atoms with Crippen LogP contribution >= 0.6 is 0 Å². The zero-order chi connectivity index (χ0) is 24.7. The highest BCUT2D eigenvalue weighted by Crippen LogP contribution is 2.56. The van der Waals surface area contributed by atoms with Gasteiger partial charge in [0.15, 0.2) is 34.7 Å². The van der Waals surface area contributed by atoms with Gasteiger partial charge in [-0.1, -0.05) is 39.3 Å². The molecule has 0 aromatic carbocycles. The largest absolute Gasteiger partial charge is 0.298 e. The van der Waals surface area contributed by atoms with E-state index in [9.17, 15) is 28.8 Å². The molecule has 2 atom stereocenters. The zero-order valence-electron chi connectivity index (χ0n) is 20.5. The number of carbonyl (C=O) groups excluding carboxylic acids is 6. The van der Waals surface area contributed by atoms with Crippen molar-refractivity contribution >= 4 is 34.7 Å². The maximum absolute atomic E-state index is 12.8. The maximum atomic E-state index is 12.8. The minimum Gasteiger partial charge on any atom is -0.298 e. The van der Waals surface area contributed by atoms with Crippen molar-refractivity contribution in [2.24, 2.45) is 34.5 Å². The lowest BCUT2D eigenvalue weighted by Gasteiger charge is -2.51. The number of carbonyl (C=O) groups is 6. The Morgan fingerprint density at radius 3 is 1.58 bits per heavy atom. The Balaban J connectivity index is 1.84. The first-order valence-corrected chi connectivity index (χ1v) is 12.2. The molecular weight excluding hydrogens is 420 g/mol. The van der Waals surface area contributed by atoms with Gasteiger partial charge in [0.25, 0.3) is 0 Å². The van der Waals surface area contributed by atoms with E-state index in [0.717, 1.165) is 12.0 Å². The smallest absolute Gasteiger partial charge is 0.151 e. The Hall–Kier alpha value is -2.24. The van der Waals surface area contributed by atoms with E-state index in [1.807, 2.05) is 6.92 Å². The molecule has 0 aromatic heterocycles. The van der Waals surface area contributed by atoms with Gasteiger partial charge in [-0.25, -0.2) is 0 Å². The predicted octanol–water partition coefficient (Wildman–Crippen LogP) is 4.03. The molecule has 2 saturated carbocycles. The Morgan fingerprint density at radius 2 is 1.18 bits per heavy atom. The van der Waals surface area contributed by atoms with Crippen LogP contribution in [0.2, 0.25) is 0 Å². The van der Waals surface area contributed by atoms with E-state index in [-0.39, 0.29) is 90.5 Å². The fourth-order valence-electron chi connectivity index (χ4n) is 6.82. The molecule has 6 nitrogen and oxygen atoms in total. The van der Waals surface area contributed by atoms with Crippen molar-refractivity contribution in [1.29, 1.82) is 0 Å². The third-order valence-corrected chi connectivity index (χ3v) is 8.38. The van der Waals surface area contributed by atoms with Crippen LogP contribution in [0.15, 0.2) is 11.6 Å². The third-order valence-electron chi connectivity index (χ3n) is 8.38. The second-order valence-corrected chi connectivity index (χ2v) is 11.1. The van der Waals surface area contributed by atoms with Gasteiger partial charge < -0.3 is 0 Å². The van der Waals surface area contributed by atoms with Crippen LogP contribution in [0.25, 0.3) is 0 Å². The molecule has 33 heavy (non-hydrogen) atoms. The van der Waals surface area contributed by atoms with E-state index in [2.05, 4.69) is 19.9 Å². The monoisotopic (exact) mass is 456 g/mol. The number of ketones is 6. The molecule has 3 aliphatic carbocycles. The average Bonchev–Trinajstić information content (AvgIpc) is 2.71. The Kier molecular flexibility index (Phi) is 7.07. The number of hydrogen-bond donors (Lipinski definition) is 0. The van der Waals surface area contributed by atoms with Crippen molar-refractivity contribution in [2.75, 3.05) is 0 Å². The summed E-state index contributed by atoms with van der Waals surface area (Å²) in [5.41, 5.74) is 0.302. The van der Waals surface area contributed by atoms with Crippen LogP contribution in [-0.2, 0) is 28.8 Å². The van der Waals surface area contributed by atoms with Gasteiger partial charge in [0, 0.05) is 38.5 Å². The van der Waals surface area contributed by atoms with Crippen molar-refractivity contribution in [3.63, 3.8) is 0 Å². The van der Waals surface area contributed by atoms with Gasteiger partial charge in [-0.2, -0.15) is 0 Å². The molecule has 0 bridgehead atoms. The average molecular weight is 457 g/mol. The lowest BCUT2D eigenvalue weighted by molar-refractivity contribution is -0.146. The van der Waals surface area contributed by atoms with Crippen molar-refractivity contribution in [2.45, 2.75) is 86.0 Å². The molecule has 0 amide bonds. The minimum absolute atomic E-state index is 0.173. The Labute approximate surface area is 195 Å². The standard InChI is InChI=1S/C27H36O6/c1-6-18(28)24-20(30)8-16(9-21(24)31)26(4)12-15(3)13-27(5,14-26)17-10-22(32)25(19(29)7-2)23(33)11-17/h12,16-17,24-25H,6-11,13-14H2,1-5H3. The summed E-state index contributed by atoms with van der Waals surface area (Å²) in [6.07, 6.45) is 4.66. The van der Waals surface area contributed by atoms with Gasteiger partial charge in [0.1, 0.15) is 11.8 Å². The summed E-state index contributed by atoms with van der Waals surface area (Å²) in [5, 5.41) is 0. The van der Waals surface area contributed by atoms with Crippen molar-refractivity contribution in [3.8, 4) is 0 Å². The van der Waals surface area contributed by atoms with E-state index >= 15 is 0 Å². The lowest BCUT2D eigenvalue weighted by atomic mass is 9.52. The maximum Gasteiger partial charge on any atom is 0.151 e. The van der Waals surface area contributed by atoms with Crippen LogP contribution in [0.3, 0.4) is 0 Å². The number of rotatable bonds is 6. The van der Waals surface area contributed by atoms with Crippen LogP contribution in [0.1, 0.15) is 86.0 Å². The van der Waals surface area contributed by atoms with E-state index in [0.29, 0.717) is 6.42 Å². The molecule has 0 saturated heterocycles. The van der Waals surface area contributed by atoms with Crippen LogP contribution in [0.5, 0.6) is 0 Å². The summed E-state index contributed by atoms with van der Waals surface area (Å²) in [6, 6.07) is 0. The Bertz CT molecular complexity index is 906. The first-order valence-electron chi connectivity index (χ1n) is 12.2. The summed E-state index contributed by atoms with van der Waals surface area (Å²) in [4.78, 5) is 75.4. The Morgan fingerprint density at radius 1 is 0.788 bits per heavy atom. The van der Waals surface area contributed by atoms with Crippen molar-refractivity contribution in [1.82, 2.24) is 0 Å².